The third-order valence-electron chi connectivity index (χ3n) is 3.86. The molecule has 1 aliphatic rings. The molecule has 0 aromatic carbocycles. The maximum absolute atomic E-state index is 12.1. The number of hydrogen-bond acceptors (Lipinski definition) is 3. The molecule has 1 aromatic rings. The van der Waals surface area contributed by atoms with Crippen molar-refractivity contribution in [3.8, 4) is 0 Å². The summed E-state index contributed by atoms with van der Waals surface area (Å²) in [4.78, 5) is 13.7. The highest BCUT2D eigenvalue weighted by molar-refractivity contribution is 5.88. The van der Waals surface area contributed by atoms with Crippen molar-refractivity contribution >= 4 is 11.8 Å². The summed E-state index contributed by atoms with van der Waals surface area (Å²) in [6.07, 6.45) is 7.72. The molecule has 0 unspecified atom stereocenters. The number of hydrogen-bond donors (Lipinski definition) is 2. The Balaban J connectivity index is 2.02. The highest BCUT2D eigenvalue weighted by atomic mass is 16.3. The van der Waals surface area contributed by atoms with Crippen LogP contribution in [0.3, 0.4) is 0 Å². The number of aliphatic hydroxyl groups is 1. The zero-order valence-electron chi connectivity index (χ0n) is 12.1. The van der Waals surface area contributed by atoms with E-state index in [9.17, 15) is 4.79 Å². The Morgan fingerprint density at radius 1 is 1.50 bits per heavy atom. The van der Waals surface area contributed by atoms with Gasteiger partial charge in [0.05, 0.1) is 18.8 Å². The molecule has 1 saturated carbocycles. The second-order valence-corrected chi connectivity index (χ2v) is 5.19. The third kappa shape index (κ3) is 3.50. The van der Waals surface area contributed by atoms with Gasteiger partial charge >= 0.3 is 6.03 Å². The average Bonchev–Trinajstić information content (AvgIpc) is 2.93. The molecule has 2 amide bonds. The van der Waals surface area contributed by atoms with E-state index in [-0.39, 0.29) is 12.6 Å². The minimum Gasteiger partial charge on any atom is -0.395 e. The van der Waals surface area contributed by atoms with Gasteiger partial charge in [-0.25, -0.2) is 9.48 Å². The number of likely N-dealkylation sites (N-methyl/N-ethyl adjacent to an activating group) is 1. The second kappa shape index (κ2) is 7.28. The first-order valence-electron chi connectivity index (χ1n) is 7.46. The summed E-state index contributed by atoms with van der Waals surface area (Å²) in [5.74, 6) is 0.748. The van der Waals surface area contributed by atoms with E-state index in [1.807, 2.05) is 17.7 Å². The quantitative estimate of drug-likeness (QED) is 0.869. The number of nitrogens with zero attached hydrogens (tertiary/aromatic N) is 3. The van der Waals surface area contributed by atoms with Crippen molar-refractivity contribution in [1.29, 1.82) is 0 Å². The lowest BCUT2D eigenvalue weighted by atomic mass is 9.96. The summed E-state index contributed by atoms with van der Waals surface area (Å²) < 4.78 is 1.93. The summed E-state index contributed by atoms with van der Waals surface area (Å²) in [7, 11) is 0. The Bertz CT molecular complexity index is 427. The predicted octanol–water partition coefficient (Wildman–Crippen LogP) is 2.23. The average molecular weight is 280 g/mol. The molecule has 0 bridgehead atoms. The van der Waals surface area contributed by atoms with Gasteiger partial charge in [-0.3, -0.25) is 5.32 Å². The Labute approximate surface area is 119 Å². The first-order valence-corrected chi connectivity index (χ1v) is 7.46. The van der Waals surface area contributed by atoms with Crippen molar-refractivity contribution in [2.75, 3.05) is 25.0 Å². The highest BCUT2D eigenvalue weighted by Crippen LogP contribution is 2.29. The third-order valence-corrected chi connectivity index (χ3v) is 3.86. The van der Waals surface area contributed by atoms with Crippen molar-refractivity contribution in [2.45, 2.75) is 45.1 Å². The number of urea groups is 1. The van der Waals surface area contributed by atoms with Gasteiger partial charge in [0.25, 0.3) is 0 Å². The van der Waals surface area contributed by atoms with Crippen LogP contribution in [-0.4, -0.2) is 45.5 Å². The van der Waals surface area contributed by atoms with Gasteiger partial charge in [0.15, 0.2) is 0 Å². The van der Waals surface area contributed by atoms with E-state index in [1.165, 1.54) is 19.3 Å². The highest BCUT2D eigenvalue weighted by Gasteiger charge is 2.20. The zero-order valence-corrected chi connectivity index (χ0v) is 12.1. The normalized spacial score (nSPS) is 16.1. The predicted molar refractivity (Wildman–Crippen MR) is 77.7 cm³/mol. The number of aliphatic hydroxyl groups excluding tert-OH is 1. The van der Waals surface area contributed by atoms with E-state index in [2.05, 4.69) is 10.4 Å². The molecule has 1 aromatic heterocycles. The number of rotatable bonds is 5. The van der Waals surface area contributed by atoms with Crippen LogP contribution >= 0.6 is 0 Å². The van der Waals surface area contributed by atoms with Gasteiger partial charge in [-0.2, -0.15) is 5.10 Å². The SMILES string of the molecule is CCN(CCO)C(=O)Nc1ccnn1C1CCCCC1. The maximum atomic E-state index is 12.1. The smallest absolute Gasteiger partial charge is 0.323 e. The second-order valence-electron chi connectivity index (χ2n) is 5.19. The minimum absolute atomic E-state index is 0.0247. The van der Waals surface area contributed by atoms with E-state index in [4.69, 9.17) is 5.11 Å². The Hall–Kier alpha value is -1.56. The Morgan fingerprint density at radius 2 is 2.25 bits per heavy atom. The summed E-state index contributed by atoms with van der Waals surface area (Å²) in [5, 5.41) is 16.2. The first kappa shape index (κ1) is 14.8. The fraction of sp³-hybridized carbons (Fsp3) is 0.714. The van der Waals surface area contributed by atoms with Gasteiger partial charge in [-0.1, -0.05) is 19.3 Å². The monoisotopic (exact) mass is 280 g/mol. The van der Waals surface area contributed by atoms with Crippen LogP contribution in [0.2, 0.25) is 0 Å². The van der Waals surface area contributed by atoms with E-state index in [0.717, 1.165) is 18.7 Å². The molecule has 20 heavy (non-hydrogen) atoms. The molecule has 0 spiro atoms. The summed E-state index contributed by atoms with van der Waals surface area (Å²) >= 11 is 0. The number of anilines is 1. The number of amides is 2. The molecule has 1 heterocycles. The first-order chi connectivity index (χ1) is 9.76. The Morgan fingerprint density at radius 3 is 2.90 bits per heavy atom. The van der Waals surface area contributed by atoms with Crippen molar-refractivity contribution < 1.29 is 9.90 Å². The van der Waals surface area contributed by atoms with Crippen molar-refractivity contribution in [3.05, 3.63) is 12.3 Å². The van der Waals surface area contributed by atoms with Gasteiger partial charge in [0.2, 0.25) is 0 Å². The van der Waals surface area contributed by atoms with Crippen LogP contribution in [0.4, 0.5) is 10.6 Å². The number of aromatic nitrogens is 2. The van der Waals surface area contributed by atoms with Gasteiger partial charge in [0, 0.05) is 19.2 Å². The van der Waals surface area contributed by atoms with Crippen LogP contribution in [0, 0.1) is 0 Å². The molecule has 0 atom stereocenters. The molecule has 1 fully saturated rings. The number of carbonyl (C=O) groups is 1. The molecular formula is C14H24N4O2. The van der Waals surface area contributed by atoms with Gasteiger partial charge in [-0.05, 0) is 19.8 Å². The van der Waals surface area contributed by atoms with Crippen LogP contribution < -0.4 is 5.32 Å². The molecule has 0 aliphatic heterocycles. The van der Waals surface area contributed by atoms with Crippen molar-refractivity contribution in [2.24, 2.45) is 0 Å². The lowest BCUT2D eigenvalue weighted by Crippen LogP contribution is -2.37. The molecule has 2 N–H and O–H groups in total. The number of carbonyl (C=O) groups excluding carboxylic acids is 1. The Kier molecular flexibility index (Phi) is 5.40. The molecule has 0 radical (unpaired) electrons. The molecule has 2 rings (SSSR count). The van der Waals surface area contributed by atoms with E-state index < -0.39 is 0 Å². The maximum Gasteiger partial charge on any atom is 0.323 e. The van der Waals surface area contributed by atoms with Crippen molar-refractivity contribution in [3.63, 3.8) is 0 Å². The van der Waals surface area contributed by atoms with Gasteiger partial charge in [0.1, 0.15) is 5.82 Å². The van der Waals surface area contributed by atoms with E-state index in [1.54, 1.807) is 11.1 Å². The lowest BCUT2D eigenvalue weighted by molar-refractivity contribution is 0.191. The minimum atomic E-state index is -0.181. The van der Waals surface area contributed by atoms with Crippen LogP contribution in [0.25, 0.3) is 0 Å². The fourth-order valence-electron chi connectivity index (χ4n) is 2.74. The topological polar surface area (TPSA) is 70.4 Å². The molecular weight excluding hydrogens is 256 g/mol. The molecule has 0 saturated heterocycles. The molecule has 1 aliphatic carbocycles. The number of nitrogens with one attached hydrogen (secondary N) is 1. The largest absolute Gasteiger partial charge is 0.395 e. The zero-order chi connectivity index (χ0) is 14.4. The van der Waals surface area contributed by atoms with Crippen LogP contribution in [-0.2, 0) is 0 Å². The fourth-order valence-corrected chi connectivity index (χ4v) is 2.74. The van der Waals surface area contributed by atoms with Gasteiger partial charge in [-0.15, -0.1) is 0 Å². The summed E-state index contributed by atoms with van der Waals surface area (Å²) in [6, 6.07) is 2.04. The molecule has 112 valence electrons. The van der Waals surface area contributed by atoms with Crippen LogP contribution in [0.15, 0.2) is 12.3 Å². The van der Waals surface area contributed by atoms with Crippen molar-refractivity contribution in [1.82, 2.24) is 14.7 Å². The lowest BCUT2D eigenvalue weighted by Gasteiger charge is -2.25. The van der Waals surface area contributed by atoms with Crippen LogP contribution in [0.1, 0.15) is 45.1 Å². The summed E-state index contributed by atoms with van der Waals surface area (Å²) in [6.45, 7) is 2.79. The van der Waals surface area contributed by atoms with E-state index in [0.29, 0.717) is 19.1 Å². The molecule has 6 nitrogen and oxygen atoms in total. The van der Waals surface area contributed by atoms with E-state index >= 15 is 0 Å². The summed E-state index contributed by atoms with van der Waals surface area (Å²) in [5.41, 5.74) is 0. The molecule has 6 heteroatoms. The van der Waals surface area contributed by atoms with Crippen LogP contribution in [0.5, 0.6) is 0 Å². The van der Waals surface area contributed by atoms with Gasteiger partial charge < -0.3 is 10.0 Å². The standard InChI is InChI=1S/C14H24N4O2/c1-2-17(10-11-19)14(20)16-13-8-9-15-18(13)12-6-4-3-5-7-12/h8-9,12,19H,2-7,10-11H2,1H3,(H,16,20).